The van der Waals surface area contributed by atoms with Crippen molar-refractivity contribution in [3.05, 3.63) is 0 Å². The van der Waals surface area contributed by atoms with E-state index in [2.05, 4.69) is 10.0 Å². The van der Waals surface area contributed by atoms with Crippen LogP contribution >= 0.6 is 0 Å². The Morgan fingerprint density at radius 1 is 1.06 bits per heavy atom. The van der Waals surface area contributed by atoms with Crippen molar-refractivity contribution in [1.82, 2.24) is 10.0 Å². The lowest BCUT2D eigenvalue weighted by atomic mass is 9.92. The molecule has 1 heterocycles. The van der Waals surface area contributed by atoms with Crippen LogP contribution in [0.2, 0.25) is 0 Å². The molecule has 1 aliphatic carbocycles. The standard InChI is InChI=1S/C13H26N2O2S/c1-11(12-7-9-14-10-8-12)15-18(16,17)13-5-3-2-4-6-13/h11-15H,2-10H2,1H3. The highest BCUT2D eigenvalue weighted by Gasteiger charge is 2.30. The highest BCUT2D eigenvalue weighted by Crippen LogP contribution is 2.24. The van der Waals surface area contributed by atoms with Gasteiger partial charge in [-0.25, -0.2) is 13.1 Å². The van der Waals surface area contributed by atoms with E-state index in [9.17, 15) is 8.42 Å². The fourth-order valence-corrected chi connectivity index (χ4v) is 5.03. The number of rotatable bonds is 4. The van der Waals surface area contributed by atoms with Crippen LogP contribution in [0.4, 0.5) is 0 Å². The molecular formula is C13H26N2O2S. The Balaban J connectivity index is 1.89. The van der Waals surface area contributed by atoms with Gasteiger partial charge in [0.05, 0.1) is 5.25 Å². The smallest absolute Gasteiger partial charge is 0.214 e. The number of hydrogen-bond donors (Lipinski definition) is 2. The van der Waals surface area contributed by atoms with E-state index in [1.165, 1.54) is 6.42 Å². The molecule has 106 valence electrons. The van der Waals surface area contributed by atoms with Crippen molar-refractivity contribution in [2.75, 3.05) is 13.1 Å². The molecule has 1 unspecified atom stereocenters. The van der Waals surface area contributed by atoms with Gasteiger partial charge in [0.1, 0.15) is 0 Å². The zero-order valence-corrected chi connectivity index (χ0v) is 12.1. The number of piperidine rings is 1. The van der Waals surface area contributed by atoms with Crippen molar-refractivity contribution < 1.29 is 8.42 Å². The van der Waals surface area contributed by atoms with Gasteiger partial charge in [-0.15, -0.1) is 0 Å². The van der Waals surface area contributed by atoms with E-state index in [0.29, 0.717) is 5.92 Å². The molecular weight excluding hydrogens is 248 g/mol. The topological polar surface area (TPSA) is 58.2 Å². The van der Waals surface area contributed by atoms with E-state index in [1.807, 2.05) is 6.92 Å². The molecule has 0 aromatic carbocycles. The van der Waals surface area contributed by atoms with Gasteiger partial charge >= 0.3 is 0 Å². The highest BCUT2D eigenvalue weighted by atomic mass is 32.2. The van der Waals surface area contributed by atoms with Gasteiger partial charge in [0, 0.05) is 6.04 Å². The van der Waals surface area contributed by atoms with Gasteiger partial charge in [0.2, 0.25) is 10.0 Å². The molecule has 1 aliphatic heterocycles. The van der Waals surface area contributed by atoms with E-state index in [0.717, 1.165) is 51.6 Å². The minimum atomic E-state index is -3.10. The van der Waals surface area contributed by atoms with Crippen LogP contribution in [0.3, 0.4) is 0 Å². The molecule has 5 heteroatoms. The Morgan fingerprint density at radius 2 is 1.67 bits per heavy atom. The summed E-state index contributed by atoms with van der Waals surface area (Å²) in [5.74, 6) is 0.490. The molecule has 2 rings (SSSR count). The van der Waals surface area contributed by atoms with Gasteiger partial charge in [0.15, 0.2) is 0 Å². The fourth-order valence-electron chi connectivity index (χ4n) is 3.17. The first-order valence-electron chi connectivity index (χ1n) is 7.31. The molecule has 2 fully saturated rings. The third-order valence-electron chi connectivity index (χ3n) is 4.43. The van der Waals surface area contributed by atoms with Crippen molar-refractivity contribution in [2.45, 2.75) is 63.2 Å². The van der Waals surface area contributed by atoms with Crippen LogP contribution < -0.4 is 10.0 Å². The molecule has 2 aliphatic rings. The van der Waals surface area contributed by atoms with Crippen LogP contribution in [0.1, 0.15) is 51.9 Å². The third kappa shape index (κ3) is 3.68. The van der Waals surface area contributed by atoms with Crippen LogP contribution in [0.5, 0.6) is 0 Å². The largest absolute Gasteiger partial charge is 0.317 e. The maximum atomic E-state index is 12.3. The Morgan fingerprint density at radius 3 is 2.28 bits per heavy atom. The summed E-state index contributed by atoms with van der Waals surface area (Å²) in [4.78, 5) is 0. The average Bonchev–Trinajstić information content (AvgIpc) is 2.40. The zero-order chi connectivity index (χ0) is 13.0. The summed E-state index contributed by atoms with van der Waals surface area (Å²) in [7, 11) is -3.10. The molecule has 0 spiro atoms. The van der Waals surface area contributed by atoms with Crippen molar-refractivity contribution in [2.24, 2.45) is 5.92 Å². The lowest BCUT2D eigenvalue weighted by Gasteiger charge is -2.31. The first-order valence-corrected chi connectivity index (χ1v) is 8.86. The van der Waals surface area contributed by atoms with Crippen LogP contribution in [0.15, 0.2) is 0 Å². The molecule has 0 radical (unpaired) electrons. The normalized spacial score (nSPS) is 26.1. The number of hydrogen-bond acceptors (Lipinski definition) is 3. The lowest BCUT2D eigenvalue weighted by Crippen LogP contribution is -2.46. The Labute approximate surface area is 111 Å². The maximum absolute atomic E-state index is 12.3. The molecule has 2 N–H and O–H groups in total. The van der Waals surface area contributed by atoms with Gasteiger partial charge in [-0.2, -0.15) is 0 Å². The lowest BCUT2D eigenvalue weighted by molar-refractivity contribution is 0.314. The number of nitrogens with one attached hydrogen (secondary N) is 2. The first-order chi connectivity index (χ1) is 8.59. The zero-order valence-electron chi connectivity index (χ0n) is 11.3. The summed E-state index contributed by atoms with van der Waals surface area (Å²) in [6.45, 7) is 4.05. The third-order valence-corrected chi connectivity index (χ3v) is 6.48. The Kier molecular flexibility index (Phi) is 5.04. The minimum Gasteiger partial charge on any atom is -0.317 e. The van der Waals surface area contributed by atoms with Gasteiger partial charge in [-0.05, 0) is 51.6 Å². The summed E-state index contributed by atoms with van der Waals surface area (Å²) in [5.41, 5.74) is 0. The van der Waals surface area contributed by atoms with Crippen molar-refractivity contribution >= 4 is 10.0 Å². The molecule has 1 atom stereocenters. The summed E-state index contributed by atoms with van der Waals surface area (Å²) < 4.78 is 27.6. The molecule has 0 amide bonds. The fraction of sp³-hybridized carbons (Fsp3) is 1.00. The van der Waals surface area contributed by atoms with Crippen LogP contribution in [-0.2, 0) is 10.0 Å². The average molecular weight is 274 g/mol. The molecule has 18 heavy (non-hydrogen) atoms. The second-order valence-corrected chi connectivity index (χ2v) is 7.79. The highest BCUT2D eigenvalue weighted by molar-refractivity contribution is 7.90. The SMILES string of the molecule is CC(NS(=O)(=O)C1CCCCC1)C1CCNCC1. The van der Waals surface area contributed by atoms with Gasteiger partial charge in [-0.1, -0.05) is 19.3 Å². The molecule has 1 saturated carbocycles. The maximum Gasteiger partial charge on any atom is 0.214 e. The quantitative estimate of drug-likeness (QED) is 0.819. The molecule has 0 aromatic heterocycles. The predicted octanol–water partition coefficient (Wildman–Crippen LogP) is 1.63. The van der Waals surface area contributed by atoms with Gasteiger partial charge in [-0.3, -0.25) is 0 Å². The van der Waals surface area contributed by atoms with Crippen molar-refractivity contribution in [3.63, 3.8) is 0 Å². The van der Waals surface area contributed by atoms with Crippen molar-refractivity contribution in [3.8, 4) is 0 Å². The number of sulfonamides is 1. The van der Waals surface area contributed by atoms with Crippen LogP contribution in [0.25, 0.3) is 0 Å². The summed E-state index contributed by atoms with van der Waals surface area (Å²) in [6, 6.07) is 0.0824. The van der Waals surface area contributed by atoms with E-state index >= 15 is 0 Å². The Bertz CT molecular complexity index is 344. The van der Waals surface area contributed by atoms with Gasteiger partial charge < -0.3 is 5.32 Å². The molecule has 0 aromatic rings. The summed E-state index contributed by atoms with van der Waals surface area (Å²) in [6.07, 6.45) is 7.15. The second kappa shape index (κ2) is 6.35. The molecule has 1 saturated heterocycles. The second-order valence-electron chi connectivity index (χ2n) is 5.80. The van der Waals surface area contributed by atoms with E-state index in [1.54, 1.807) is 0 Å². The molecule has 4 nitrogen and oxygen atoms in total. The van der Waals surface area contributed by atoms with Crippen LogP contribution in [0, 0.1) is 5.92 Å². The monoisotopic (exact) mass is 274 g/mol. The summed E-state index contributed by atoms with van der Waals surface area (Å²) in [5, 5.41) is 3.18. The van der Waals surface area contributed by atoms with Gasteiger partial charge in [0.25, 0.3) is 0 Å². The van der Waals surface area contributed by atoms with Crippen molar-refractivity contribution in [1.29, 1.82) is 0 Å². The predicted molar refractivity (Wildman–Crippen MR) is 74.0 cm³/mol. The minimum absolute atomic E-state index is 0.0824. The van der Waals surface area contributed by atoms with Crippen LogP contribution in [-0.4, -0.2) is 32.8 Å². The van der Waals surface area contributed by atoms with E-state index < -0.39 is 10.0 Å². The Hall–Kier alpha value is -0.130. The van der Waals surface area contributed by atoms with E-state index in [4.69, 9.17) is 0 Å². The summed E-state index contributed by atoms with van der Waals surface area (Å²) >= 11 is 0. The van der Waals surface area contributed by atoms with E-state index in [-0.39, 0.29) is 11.3 Å². The first kappa shape index (κ1) is 14.3. The molecule has 0 bridgehead atoms.